The van der Waals surface area contributed by atoms with Crippen LogP contribution >= 0.6 is 11.3 Å². The van der Waals surface area contributed by atoms with Gasteiger partial charge in [0.2, 0.25) is 5.91 Å². The van der Waals surface area contributed by atoms with Crippen molar-refractivity contribution in [1.29, 1.82) is 0 Å². The number of hydrogen-bond acceptors (Lipinski definition) is 4. The average molecular weight is 408 g/mol. The topological polar surface area (TPSA) is 55.2 Å². The second-order valence-corrected chi connectivity index (χ2v) is 9.26. The third-order valence-electron chi connectivity index (χ3n) is 6.43. The molecular formula is C23H25N3O2S. The highest BCUT2D eigenvalue weighted by Crippen LogP contribution is 2.35. The zero-order valence-electron chi connectivity index (χ0n) is 16.4. The first-order valence-corrected chi connectivity index (χ1v) is 11.4. The molecule has 5 nitrogen and oxygen atoms in total. The maximum Gasteiger partial charge on any atom is 0.271 e. The first-order chi connectivity index (χ1) is 14.2. The summed E-state index contributed by atoms with van der Waals surface area (Å²) < 4.78 is 2.11. The highest BCUT2D eigenvalue weighted by atomic mass is 32.1. The normalized spacial score (nSPS) is 21.9. The molecule has 1 aliphatic carbocycles. The van der Waals surface area contributed by atoms with Crippen LogP contribution < -0.4 is 5.56 Å². The van der Waals surface area contributed by atoms with E-state index in [1.165, 1.54) is 47.9 Å². The van der Waals surface area contributed by atoms with Crippen LogP contribution in [0, 0.1) is 5.92 Å². The summed E-state index contributed by atoms with van der Waals surface area (Å²) in [5.74, 6) is 0.703. The lowest BCUT2D eigenvalue weighted by molar-refractivity contribution is -0.138. The first-order valence-electron chi connectivity index (χ1n) is 10.5. The van der Waals surface area contributed by atoms with Crippen molar-refractivity contribution in [1.82, 2.24) is 14.5 Å². The van der Waals surface area contributed by atoms with Gasteiger partial charge in [0.25, 0.3) is 5.56 Å². The number of fused-ring (bicyclic) bond motifs is 2. The molecular weight excluding hydrogens is 382 g/mol. The lowest BCUT2D eigenvalue weighted by atomic mass is 9.78. The van der Waals surface area contributed by atoms with Gasteiger partial charge in [-0.3, -0.25) is 14.2 Å². The molecule has 3 aromatic rings. The van der Waals surface area contributed by atoms with Crippen molar-refractivity contribution < 1.29 is 4.79 Å². The van der Waals surface area contributed by atoms with Crippen LogP contribution in [0.2, 0.25) is 0 Å². The molecule has 3 heterocycles. The summed E-state index contributed by atoms with van der Waals surface area (Å²) >= 11 is 1.45. The second kappa shape index (κ2) is 7.75. The summed E-state index contributed by atoms with van der Waals surface area (Å²) in [6, 6.07) is 12.3. The fourth-order valence-corrected chi connectivity index (χ4v) is 6.04. The van der Waals surface area contributed by atoms with Gasteiger partial charge >= 0.3 is 0 Å². The van der Waals surface area contributed by atoms with E-state index < -0.39 is 0 Å². The number of rotatable bonds is 3. The van der Waals surface area contributed by atoms with E-state index in [1.54, 1.807) is 0 Å². The smallest absolute Gasteiger partial charge is 0.271 e. The SMILES string of the molecule is O=C(Cn1cnc2cc(-c3ccccc3)sc2c1=O)N1CCCC2CCCCC21. The van der Waals surface area contributed by atoms with E-state index in [0.29, 0.717) is 22.2 Å². The second-order valence-electron chi connectivity index (χ2n) is 8.21. The third-order valence-corrected chi connectivity index (χ3v) is 7.59. The number of thiophene rings is 1. The largest absolute Gasteiger partial charge is 0.338 e. The molecule has 2 unspecified atom stereocenters. The van der Waals surface area contributed by atoms with Crippen LogP contribution in [0.15, 0.2) is 47.5 Å². The maximum absolute atomic E-state index is 13.1. The Kier molecular flexibility index (Phi) is 4.96. The Labute approximate surface area is 174 Å². The number of aromatic nitrogens is 2. The molecule has 6 heteroatoms. The zero-order valence-corrected chi connectivity index (χ0v) is 17.2. The summed E-state index contributed by atoms with van der Waals surface area (Å²) in [6.45, 7) is 0.908. The lowest BCUT2D eigenvalue weighted by Crippen LogP contribution is -2.51. The minimum absolute atomic E-state index is 0.0599. The molecule has 1 saturated carbocycles. The summed E-state index contributed by atoms with van der Waals surface area (Å²) in [6.07, 6.45) is 8.67. The average Bonchev–Trinajstić information content (AvgIpc) is 3.21. The Morgan fingerprint density at radius 3 is 2.76 bits per heavy atom. The molecule has 150 valence electrons. The molecule has 1 saturated heterocycles. The van der Waals surface area contributed by atoms with E-state index >= 15 is 0 Å². The van der Waals surface area contributed by atoms with Gasteiger partial charge in [-0.2, -0.15) is 0 Å². The molecule has 1 amide bonds. The molecule has 5 rings (SSSR count). The molecule has 1 aliphatic heterocycles. The number of carbonyl (C=O) groups is 1. The van der Waals surface area contributed by atoms with E-state index in [1.807, 2.05) is 41.3 Å². The number of likely N-dealkylation sites (tertiary alicyclic amines) is 1. The zero-order chi connectivity index (χ0) is 19.8. The van der Waals surface area contributed by atoms with E-state index in [0.717, 1.165) is 29.8 Å². The molecule has 2 aromatic heterocycles. The highest BCUT2D eigenvalue weighted by Gasteiger charge is 2.35. The fourth-order valence-electron chi connectivity index (χ4n) is 4.97. The van der Waals surface area contributed by atoms with Gasteiger partial charge in [0.05, 0.1) is 11.8 Å². The van der Waals surface area contributed by atoms with Crippen LogP contribution in [0.5, 0.6) is 0 Å². The summed E-state index contributed by atoms with van der Waals surface area (Å²) in [5.41, 5.74) is 1.66. The molecule has 0 N–H and O–H groups in total. The maximum atomic E-state index is 13.1. The summed E-state index contributed by atoms with van der Waals surface area (Å²) in [4.78, 5) is 33.7. The number of piperidine rings is 1. The molecule has 0 bridgehead atoms. The quantitative estimate of drug-likeness (QED) is 0.650. The number of carbonyl (C=O) groups excluding carboxylic acids is 1. The predicted octanol–water partition coefficient (Wildman–Crippen LogP) is 4.31. The Bertz CT molecular complexity index is 1090. The van der Waals surface area contributed by atoms with Crippen molar-refractivity contribution in [2.75, 3.05) is 6.54 Å². The molecule has 29 heavy (non-hydrogen) atoms. The molecule has 0 radical (unpaired) electrons. The minimum Gasteiger partial charge on any atom is -0.338 e. The van der Waals surface area contributed by atoms with Gasteiger partial charge in [-0.25, -0.2) is 4.98 Å². The van der Waals surface area contributed by atoms with Crippen LogP contribution in [0.25, 0.3) is 20.7 Å². The van der Waals surface area contributed by atoms with Gasteiger partial charge in [0.15, 0.2) is 0 Å². The van der Waals surface area contributed by atoms with E-state index in [9.17, 15) is 9.59 Å². The van der Waals surface area contributed by atoms with E-state index in [-0.39, 0.29) is 18.0 Å². The molecule has 2 aliphatic rings. The lowest BCUT2D eigenvalue weighted by Gasteiger charge is -2.44. The third kappa shape index (κ3) is 3.50. The van der Waals surface area contributed by atoms with Gasteiger partial charge < -0.3 is 4.90 Å². The Morgan fingerprint density at radius 2 is 1.90 bits per heavy atom. The molecule has 0 spiro atoms. The van der Waals surface area contributed by atoms with Crippen LogP contribution in [0.4, 0.5) is 0 Å². The van der Waals surface area contributed by atoms with Crippen molar-refractivity contribution in [3.63, 3.8) is 0 Å². The molecule has 1 aromatic carbocycles. The molecule has 2 fully saturated rings. The van der Waals surface area contributed by atoms with E-state index in [4.69, 9.17) is 0 Å². The van der Waals surface area contributed by atoms with Crippen molar-refractivity contribution in [2.45, 2.75) is 51.1 Å². The fraction of sp³-hybridized carbons (Fsp3) is 0.435. The van der Waals surface area contributed by atoms with Crippen molar-refractivity contribution >= 4 is 27.5 Å². The van der Waals surface area contributed by atoms with Crippen LogP contribution in [0.1, 0.15) is 38.5 Å². The molecule has 2 atom stereocenters. The van der Waals surface area contributed by atoms with Gasteiger partial charge in [0.1, 0.15) is 11.2 Å². The highest BCUT2D eigenvalue weighted by molar-refractivity contribution is 7.22. The Hall–Kier alpha value is -2.47. The number of nitrogens with zero attached hydrogens (tertiary/aromatic N) is 3. The van der Waals surface area contributed by atoms with Crippen molar-refractivity contribution in [2.24, 2.45) is 5.92 Å². The number of benzene rings is 1. The van der Waals surface area contributed by atoms with Gasteiger partial charge in [-0.15, -0.1) is 11.3 Å². The standard InChI is InChI=1S/C23H25N3O2S/c27-21(26-12-6-10-16-7-4-5-11-19(16)26)14-25-15-24-18-13-20(29-22(18)23(25)28)17-8-2-1-3-9-17/h1-3,8-9,13,15-16,19H,4-7,10-12,14H2. The number of hydrogen-bond donors (Lipinski definition) is 0. The van der Waals surface area contributed by atoms with E-state index in [2.05, 4.69) is 4.98 Å². The van der Waals surface area contributed by atoms with Crippen molar-refractivity contribution in [3.05, 3.63) is 53.1 Å². The predicted molar refractivity (Wildman–Crippen MR) is 116 cm³/mol. The van der Waals surface area contributed by atoms with Crippen LogP contribution in [-0.4, -0.2) is 32.9 Å². The monoisotopic (exact) mass is 407 g/mol. The van der Waals surface area contributed by atoms with Crippen LogP contribution in [0.3, 0.4) is 0 Å². The minimum atomic E-state index is -0.118. The Balaban J connectivity index is 1.41. The summed E-state index contributed by atoms with van der Waals surface area (Å²) in [7, 11) is 0. The Morgan fingerprint density at radius 1 is 1.10 bits per heavy atom. The van der Waals surface area contributed by atoms with Gasteiger partial charge in [-0.05, 0) is 43.2 Å². The van der Waals surface area contributed by atoms with Gasteiger partial charge in [-0.1, -0.05) is 43.2 Å². The number of amides is 1. The van der Waals surface area contributed by atoms with Crippen LogP contribution in [-0.2, 0) is 11.3 Å². The van der Waals surface area contributed by atoms with Gasteiger partial charge in [0, 0.05) is 17.5 Å². The first kappa shape index (κ1) is 18.6. The summed E-state index contributed by atoms with van der Waals surface area (Å²) in [5, 5.41) is 0. The van der Waals surface area contributed by atoms with Crippen molar-refractivity contribution in [3.8, 4) is 10.4 Å².